The molecule has 0 atom stereocenters. The summed E-state index contributed by atoms with van der Waals surface area (Å²) in [5.74, 6) is 0. The number of benzene rings is 2. The molecule has 158 valence electrons. The first kappa shape index (κ1) is 19.8. The molecule has 2 heterocycles. The van der Waals surface area contributed by atoms with E-state index in [1.54, 1.807) is 0 Å². The van der Waals surface area contributed by atoms with E-state index in [4.69, 9.17) is 0 Å². The molecule has 3 fully saturated rings. The minimum absolute atomic E-state index is 0.494. The molecule has 2 aromatic carbocycles. The molecule has 2 aliphatic heterocycles. The van der Waals surface area contributed by atoms with Crippen LogP contribution in [-0.2, 0) is 11.2 Å². The third-order valence-electron chi connectivity index (χ3n) is 8.11. The van der Waals surface area contributed by atoms with Gasteiger partial charge in [0, 0.05) is 31.2 Å². The van der Waals surface area contributed by atoms with Gasteiger partial charge in [-0.05, 0) is 85.9 Å². The minimum Gasteiger partial charge on any atom is -0.371 e. The third kappa shape index (κ3) is 4.05. The third-order valence-corrected chi connectivity index (χ3v) is 8.11. The average Bonchev–Trinajstić information content (AvgIpc) is 2.76. The summed E-state index contributed by atoms with van der Waals surface area (Å²) in [6.45, 7) is 5.07. The van der Waals surface area contributed by atoms with Gasteiger partial charge in [-0.3, -0.25) is 0 Å². The summed E-state index contributed by atoms with van der Waals surface area (Å²) in [4.78, 5) is 16.0. The van der Waals surface area contributed by atoms with Crippen molar-refractivity contribution < 1.29 is 4.79 Å². The molecular formula is C27H34N2O. The number of carbonyl (C=O) groups is 1. The maximum absolute atomic E-state index is 10.7. The van der Waals surface area contributed by atoms with Gasteiger partial charge in [0.1, 0.15) is 6.29 Å². The number of carbonyl (C=O) groups excluding carboxylic acids is 1. The second-order valence-electron chi connectivity index (χ2n) is 9.72. The predicted octanol–water partition coefficient (Wildman–Crippen LogP) is 5.33. The van der Waals surface area contributed by atoms with Crippen LogP contribution in [0, 0.1) is 5.41 Å². The fraction of sp³-hybridized carbons (Fsp3) is 0.519. The van der Waals surface area contributed by atoms with E-state index in [1.165, 1.54) is 87.9 Å². The van der Waals surface area contributed by atoms with E-state index < -0.39 is 0 Å². The number of likely N-dealkylation sites (tertiary alicyclic amines) is 1. The largest absolute Gasteiger partial charge is 0.371 e. The second kappa shape index (κ2) is 8.55. The fourth-order valence-electron chi connectivity index (χ4n) is 5.65. The zero-order valence-electron chi connectivity index (χ0n) is 18.1. The van der Waals surface area contributed by atoms with Gasteiger partial charge in [-0.2, -0.15) is 0 Å². The molecule has 3 heteroatoms. The van der Waals surface area contributed by atoms with E-state index in [0.717, 1.165) is 17.9 Å². The standard InChI is InChI=1S/C27H34N2O/c30-21-12-22-4-6-23(7-5-22)24-8-10-26(11-9-24)29-19-15-27(16-20-29)13-17-28(18-14-27)25-2-1-3-25/h4-11,21,25H,1-3,12-20H2. The van der Waals surface area contributed by atoms with E-state index in [0.29, 0.717) is 11.8 Å². The van der Waals surface area contributed by atoms with Gasteiger partial charge in [0.25, 0.3) is 0 Å². The molecule has 1 saturated carbocycles. The smallest absolute Gasteiger partial charge is 0.124 e. The maximum atomic E-state index is 10.7. The highest BCUT2D eigenvalue weighted by atomic mass is 16.1. The summed E-state index contributed by atoms with van der Waals surface area (Å²) in [5.41, 5.74) is 5.50. The van der Waals surface area contributed by atoms with E-state index in [1.807, 2.05) is 0 Å². The molecule has 1 aliphatic carbocycles. The molecule has 0 amide bonds. The quantitative estimate of drug-likeness (QED) is 0.632. The fourth-order valence-corrected chi connectivity index (χ4v) is 5.65. The van der Waals surface area contributed by atoms with Crippen LogP contribution in [0.25, 0.3) is 11.1 Å². The van der Waals surface area contributed by atoms with Crippen LogP contribution in [0.15, 0.2) is 48.5 Å². The Morgan fingerprint density at radius 2 is 1.37 bits per heavy atom. The van der Waals surface area contributed by atoms with Gasteiger partial charge >= 0.3 is 0 Å². The Morgan fingerprint density at radius 3 is 1.90 bits per heavy atom. The van der Waals surface area contributed by atoms with Crippen molar-refractivity contribution in [2.75, 3.05) is 31.1 Å². The van der Waals surface area contributed by atoms with Gasteiger partial charge in [0.2, 0.25) is 0 Å². The van der Waals surface area contributed by atoms with Gasteiger partial charge in [-0.15, -0.1) is 0 Å². The van der Waals surface area contributed by atoms with E-state index in [9.17, 15) is 4.79 Å². The SMILES string of the molecule is O=CCc1ccc(-c2ccc(N3CCC4(CC3)CCN(C3CCC3)CC4)cc2)cc1. The molecule has 0 bridgehead atoms. The van der Waals surface area contributed by atoms with Crippen molar-refractivity contribution in [1.82, 2.24) is 4.90 Å². The van der Waals surface area contributed by atoms with Crippen molar-refractivity contribution >= 4 is 12.0 Å². The molecule has 2 aromatic rings. The zero-order chi connectivity index (χ0) is 20.4. The van der Waals surface area contributed by atoms with E-state index >= 15 is 0 Å². The first-order chi connectivity index (χ1) is 14.7. The molecule has 0 N–H and O–H groups in total. The van der Waals surface area contributed by atoms with Crippen molar-refractivity contribution in [1.29, 1.82) is 0 Å². The van der Waals surface area contributed by atoms with Crippen LogP contribution in [0.5, 0.6) is 0 Å². The molecule has 2 saturated heterocycles. The molecule has 0 radical (unpaired) electrons. The number of nitrogens with zero attached hydrogens (tertiary/aromatic N) is 2. The van der Waals surface area contributed by atoms with Gasteiger partial charge in [-0.25, -0.2) is 0 Å². The molecule has 0 aromatic heterocycles. The van der Waals surface area contributed by atoms with Crippen LogP contribution in [-0.4, -0.2) is 43.4 Å². The van der Waals surface area contributed by atoms with Crippen LogP contribution < -0.4 is 4.90 Å². The lowest BCUT2D eigenvalue weighted by Crippen LogP contribution is -2.50. The Bertz CT molecular complexity index is 835. The minimum atomic E-state index is 0.494. The number of anilines is 1. The van der Waals surface area contributed by atoms with Gasteiger partial charge in [0.15, 0.2) is 0 Å². The summed E-state index contributed by atoms with van der Waals surface area (Å²) in [7, 11) is 0. The predicted molar refractivity (Wildman–Crippen MR) is 124 cm³/mol. The highest BCUT2D eigenvalue weighted by molar-refractivity contribution is 5.67. The molecule has 3 nitrogen and oxygen atoms in total. The van der Waals surface area contributed by atoms with Crippen molar-refractivity contribution in [3.05, 3.63) is 54.1 Å². The maximum Gasteiger partial charge on any atom is 0.124 e. The first-order valence-electron chi connectivity index (χ1n) is 11.9. The van der Waals surface area contributed by atoms with Crippen LogP contribution >= 0.6 is 0 Å². The first-order valence-corrected chi connectivity index (χ1v) is 11.9. The average molecular weight is 403 g/mol. The number of hydrogen-bond acceptors (Lipinski definition) is 3. The van der Waals surface area contributed by atoms with Gasteiger partial charge < -0.3 is 14.6 Å². The lowest BCUT2D eigenvalue weighted by molar-refractivity contribution is -0.107. The van der Waals surface area contributed by atoms with Crippen molar-refractivity contribution in [2.45, 2.75) is 57.4 Å². The monoisotopic (exact) mass is 402 g/mol. The lowest BCUT2D eigenvalue weighted by Gasteiger charge is -2.50. The van der Waals surface area contributed by atoms with Crippen molar-refractivity contribution in [2.24, 2.45) is 5.41 Å². The normalized spacial score (nSPS) is 22.1. The van der Waals surface area contributed by atoms with E-state index in [-0.39, 0.29) is 0 Å². The van der Waals surface area contributed by atoms with Crippen LogP contribution in [0.3, 0.4) is 0 Å². The highest BCUT2D eigenvalue weighted by Crippen LogP contribution is 2.43. The van der Waals surface area contributed by atoms with Gasteiger partial charge in [0.05, 0.1) is 0 Å². The number of piperidine rings is 2. The summed E-state index contributed by atoms with van der Waals surface area (Å²) in [6.07, 6.45) is 11.3. The Hall–Kier alpha value is -2.13. The molecule has 1 spiro atoms. The van der Waals surface area contributed by atoms with Crippen LogP contribution in [0.4, 0.5) is 5.69 Å². The summed E-state index contributed by atoms with van der Waals surface area (Å²) in [6, 6.07) is 18.3. The zero-order valence-corrected chi connectivity index (χ0v) is 18.1. The summed E-state index contributed by atoms with van der Waals surface area (Å²) >= 11 is 0. The van der Waals surface area contributed by atoms with Gasteiger partial charge in [-0.1, -0.05) is 42.8 Å². The Morgan fingerprint density at radius 1 is 0.800 bits per heavy atom. The number of hydrogen-bond donors (Lipinski definition) is 0. The van der Waals surface area contributed by atoms with Crippen molar-refractivity contribution in [3.63, 3.8) is 0 Å². The van der Waals surface area contributed by atoms with E-state index in [2.05, 4.69) is 58.3 Å². The summed E-state index contributed by atoms with van der Waals surface area (Å²) < 4.78 is 0. The Kier molecular flexibility index (Phi) is 5.64. The lowest BCUT2D eigenvalue weighted by atomic mass is 9.70. The summed E-state index contributed by atoms with van der Waals surface area (Å²) in [5, 5.41) is 0. The number of rotatable bonds is 5. The molecule has 3 aliphatic rings. The Labute approximate surface area is 181 Å². The molecule has 30 heavy (non-hydrogen) atoms. The second-order valence-corrected chi connectivity index (χ2v) is 9.72. The topological polar surface area (TPSA) is 23.6 Å². The highest BCUT2D eigenvalue weighted by Gasteiger charge is 2.39. The molecule has 5 rings (SSSR count). The van der Waals surface area contributed by atoms with Crippen LogP contribution in [0.1, 0.15) is 50.5 Å². The molecule has 0 unspecified atom stereocenters. The Balaban J connectivity index is 1.17. The number of aldehydes is 1. The molecular weight excluding hydrogens is 368 g/mol. The van der Waals surface area contributed by atoms with Crippen LogP contribution in [0.2, 0.25) is 0 Å². The van der Waals surface area contributed by atoms with Crippen molar-refractivity contribution in [3.8, 4) is 11.1 Å².